The van der Waals surface area contributed by atoms with Crippen LogP contribution in [0, 0.1) is 23.7 Å². The maximum atomic E-state index is 12.7. The number of allylic oxidation sites excluding steroid dienone is 2. The van der Waals surface area contributed by atoms with E-state index < -0.39 is 0 Å². The molecule has 3 aliphatic rings. The maximum Gasteiger partial charge on any atom is 0.233 e. The van der Waals surface area contributed by atoms with E-state index in [1.807, 2.05) is 30.0 Å². The molecule has 2 fully saturated rings. The Morgan fingerprint density at radius 3 is 2.37 bits per heavy atom. The summed E-state index contributed by atoms with van der Waals surface area (Å²) in [5.41, 5.74) is 0. The number of fused-ring (bicyclic) bond motifs is 5. The third kappa shape index (κ3) is 4.69. The number of benzene rings is 1. The Labute approximate surface area is 199 Å². The average Bonchev–Trinajstić information content (AvgIpc) is 3.40. The predicted molar refractivity (Wildman–Crippen MR) is 131 cm³/mol. The zero-order valence-corrected chi connectivity index (χ0v) is 20.4. The summed E-state index contributed by atoms with van der Waals surface area (Å²) in [5.74, 6) is 0.988. The van der Waals surface area contributed by atoms with Crippen LogP contribution < -0.4 is 10.6 Å². The molecule has 1 aromatic rings. The van der Waals surface area contributed by atoms with Gasteiger partial charge in [0, 0.05) is 36.8 Å². The minimum Gasteiger partial charge on any atom is -0.355 e. The highest BCUT2D eigenvalue weighted by atomic mass is 127. The van der Waals surface area contributed by atoms with Gasteiger partial charge in [0.1, 0.15) is 0 Å². The van der Waals surface area contributed by atoms with Crippen molar-refractivity contribution in [3.05, 3.63) is 42.5 Å². The van der Waals surface area contributed by atoms with Crippen molar-refractivity contribution in [3.63, 3.8) is 0 Å². The van der Waals surface area contributed by atoms with Crippen molar-refractivity contribution in [3.8, 4) is 0 Å². The molecular weight excluding hydrogens is 511 g/mol. The Kier molecular flexibility index (Phi) is 7.84. The van der Waals surface area contributed by atoms with Gasteiger partial charge in [0.15, 0.2) is 5.96 Å². The smallest absolute Gasteiger partial charge is 0.233 e. The van der Waals surface area contributed by atoms with Crippen LogP contribution in [-0.2, 0) is 9.59 Å². The molecule has 162 valence electrons. The molecule has 4 rings (SSSR count). The molecule has 6 nitrogen and oxygen atoms in total. The second-order valence-electron chi connectivity index (χ2n) is 7.95. The summed E-state index contributed by atoms with van der Waals surface area (Å²) in [6.45, 7) is 3.82. The lowest BCUT2D eigenvalue weighted by Gasteiger charge is -2.19. The third-order valence-corrected chi connectivity index (χ3v) is 7.16. The Morgan fingerprint density at radius 1 is 1.13 bits per heavy atom. The molecule has 2 amide bonds. The SMILES string of the molecule is CN=C(NCCN1C(=O)C2C3C=CC(C3)C2C1=O)NCC(C)Sc1ccccc1.I. The lowest BCUT2D eigenvalue weighted by molar-refractivity contribution is -0.140. The van der Waals surface area contributed by atoms with E-state index in [0.717, 1.165) is 13.0 Å². The molecule has 5 unspecified atom stereocenters. The fraction of sp³-hybridized carbons (Fsp3) is 0.500. The summed E-state index contributed by atoms with van der Waals surface area (Å²) in [6.07, 6.45) is 5.22. The summed E-state index contributed by atoms with van der Waals surface area (Å²) in [5, 5.41) is 6.92. The van der Waals surface area contributed by atoms with Crippen LogP contribution in [0.1, 0.15) is 13.3 Å². The van der Waals surface area contributed by atoms with Gasteiger partial charge in [-0.3, -0.25) is 19.5 Å². The predicted octanol–water partition coefficient (Wildman–Crippen LogP) is 2.76. The minimum atomic E-state index is -0.120. The van der Waals surface area contributed by atoms with E-state index in [9.17, 15) is 9.59 Å². The van der Waals surface area contributed by atoms with E-state index >= 15 is 0 Å². The number of guanidine groups is 1. The van der Waals surface area contributed by atoms with Crippen molar-refractivity contribution in [2.24, 2.45) is 28.7 Å². The van der Waals surface area contributed by atoms with E-state index in [4.69, 9.17) is 0 Å². The number of aliphatic imine (C=N–C) groups is 1. The van der Waals surface area contributed by atoms with Gasteiger partial charge in [-0.15, -0.1) is 35.7 Å². The zero-order valence-electron chi connectivity index (χ0n) is 17.3. The molecule has 1 saturated heterocycles. The molecule has 1 aromatic carbocycles. The molecule has 2 bridgehead atoms. The highest BCUT2D eigenvalue weighted by Crippen LogP contribution is 2.52. The van der Waals surface area contributed by atoms with Crippen molar-refractivity contribution in [1.82, 2.24) is 15.5 Å². The van der Waals surface area contributed by atoms with Gasteiger partial charge in [-0.25, -0.2) is 0 Å². The normalized spacial score (nSPS) is 27.8. The Morgan fingerprint density at radius 2 is 1.77 bits per heavy atom. The van der Waals surface area contributed by atoms with Crippen LogP contribution in [0.3, 0.4) is 0 Å². The first-order chi connectivity index (χ1) is 14.1. The highest BCUT2D eigenvalue weighted by Gasteiger charge is 2.58. The number of hydrogen-bond acceptors (Lipinski definition) is 4. The fourth-order valence-electron chi connectivity index (χ4n) is 4.70. The molecule has 1 aliphatic heterocycles. The quantitative estimate of drug-likeness (QED) is 0.139. The van der Waals surface area contributed by atoms with Gasteiger partial charge in [0.25, 0.3) is 0 Å². The number of nitrogens with zero attached hydrogens (tertiary/aromatic N) is 2. The van der Waals surface area contributed by atoms with Gasteiger partial charge >= 0.3 is 0 Å². The molecule has 30 heavy (non-hydrogen) atoms. The van der Waals surface area contributed by atoms with E-state index in [1.54, 1.807) is 7.05 Å². The molecule has 1 saturated carbocycles. The van der Waals surface area contributed by atoms with Gasteiger partial charge in [-0.1, -0.05) is 37.3 Å². The topological polar surface area (TPSA) is 73.8 Å². The van der Waals surface area contributed by atoms with E-state index in [2.05, 4.69) is 46.8 Å². The monoisotopic (exact) mass is 540 g/mol. The molecule has 2 N–H and O–H groups in total. The van der Waals surface area contributed by atoms with Crippen LogP contribution in [0.25, 0.3) is 0 Å². The molecule has 0 spiro atoms. The second kappa shape index (κ2) is 10.2. The van der Waals surface area contributed by atoms with Crippen molar-refractivity contribution >= 4 is 53.5 Å². The number of imide groups is 1. The van der Waals surface area contributed by atoms with E-state index in [1.165, 1.54) is 9.80 Å². The first-order valence-electron chi connectivity index (χ1n) is 10.3. The van der Waals surface area contributed by atoms with Crippen LogP contribution in [0.4, 0.5) is 0 Å². The van der Waals surface area contributed by atoms with E-state index in [0.29, 0.717) is 24.3 Å². The van der Waals surface area contributed by atoms with Crippen LogP contribution in [0.15, 0.2) is 52.4 Å². The van der Waals surface area contributed by atoms with Crippen molar-refractivity contribution < 1.29 is 9.59 Å². The number of halogens is 1. The summed E-state index contributed by atoms with van der Waals surface area (Å²) >= 11 is 1.81. The number of carbonyl (C=O) groups is 2. The van der Waals surface area contributed by atoms with Crippen LogP contribution in [0.2, 0.25) is 0 Å². The van der Waals surface area contributed by atoms with Crippen molar-refractivity contribution in [1.29, 1.82) is 0 Å². The van der Waals surface area contributed by atoms with Crippen molar-refractivity contribution in [2.75, 3.05) is 26.7 Å². The summed E-state index contributed by atoms with van der Waals surface area (Å²) in [7, 11) is 1.73. The average molecular weight is 540 g/mol. The standard InChI is InChI=1S/C22H28N4O2S.HI/c1-14(29-17-6-4-3-5-7-17)13-25-22(23-2)24-10-11-26-20(27)18-15-8-9-16(12-15)19(18)21(26)28;/h3-9,14-16,18-19H,10-13H2,1-2H3,(H2,23,24,25);1H. The van der Waals surface area contributed by atoms with Crippen LogP contribution in [0.5, 0.6) is 0 Å². The lowest BCUT2D eigenvalue weighted by atomic mass is 9.85. The number of nitrogens with one attached hydrogen (secondary N) is 2. The van der Waals surface area contributed by atoms with Gasteiger partial charge in [0.05, 0.1) is 11.8 Å². The Hall–Kier alpha value is -1.55. The summed E-state index contributed by atoms with van der Waals surface area (Å²) in [4.78, 5) is 32.4. The molecular formula is C22H29IN4O2S. The Bertz CT molecular complexity index is 802. The largest absolute Gasteiger partial charge is 0.355 e. The Balaban J connectivity index is 0.00000256. The number of hydrogen-bond donors (Lipinski definition) is 2. The first kappa shape index (κ1) is 23.1. The summed E-state index contributed by atoms with van der Waals surface area (Å²) in [6, 6.07) is 10.3. The van der Waals surface area contributed by atoms with Crippen LogP contribution in [-0.4, -0.2) is 54.6 Å². The van der Waals surface area contributed by atoms with Crippen LogP contribution >= 0.6 is 35.7 Å². The van der Waals surface area contributed by atoms with Gasteiger partial charge in [-0.2, -0.15) is 0 Å². The van der Waals surface area contributed by atoms with Gasteiger partial charge < -0.3 is 10.6 Å². The number of thioether (sulfide) groups is 1. The van der Waals surface area contributed by atoms with E-state index in [-0.39, 0.29) is 59.5 Å². The molecule has 1 heterocycles. The fourth-order valence-corrected chi connectivity index (χ4v) is 5.65. The third-order valence-electron chi connectivity index (χ3n) is 6.05. The minimum absolute atomic E-state index is 0. The number of likely N-dealkylation sites (tertiary alicyclic amines) is 1. The zero-order chi connectivity index (χ0) is 20.4. The second-order valence-corrected chi connectivity index (χ2v) is 9.46. The number of carbonyl (C=O) groups excluding carboxylic acids is 2. The number of rotatable bonds is 7. The lowest BCUT2D eigenvalue weighted by Crippen LogP contribution is -2.44. The van der Waals surface area contributed by atoms with Gasteiger partial charge in [0.2, 0.25) is 11.8 Å². The van der Waals surface area contributed by atoms with Gasteiger partial charge in [-0.05, 0) is 30.4 Å². The number of amides is 2. The molecule has 8 heteroatoms. The maximum absolute atomic E-state index is 12.7. The molecule has 5 atom stereocenters. The molecule has 0 radical (unpaired) electrons. The molecule has 0 aromatic heterocycles. The van der Waals surface area contributed by atoms with Crippen molar-refractivity contribution in [2.45, 2.75) is 23.5 Å². The summed E-state index contributed by atoms with van der Waals surface area (Å²) < 4.78 is 0. The first-order valence-corrected chi connectivity index (χ1v) is 11.2. The highest BCUT2D eigenvalue weighted by molar-refractivity contribution is 14.0. The molecule has 2 aliphatic carbocycles.